The molecule has 0 spiro atoms. The van der Waals surface area contributed by atoms with Gasteiger partial charge >= 0.3 is 5.69 Å². The van der Waals surface area contributed by atoms with Crippen LogP contribution in [0.1, 0.15) is 12.6 Å². The van der Waals surface area contributed by atoms with Gasteiger partial charge in [0.05, 0.1) is 11.5 Å². The van der Waals surface area contributed by atoms with Gasteiger partial charge in [-0.25, -0.2) is 4.98 Å². The number of anilines is 2. The van der Waals surface area contributed by atoms with E-state index in [1.54, 1.807) is 24.3 Å². The SMILES string of the molecule is CCOc1cccc(Nc2nc(Cl)nc(C)c2[N+](=O)[O-])c1. The lowest BCUT2D eigenvalue weighted by Crippen LogP contribution is -2.04. The fraction of sp³-hybridized carbons (Fsp3) is 0.231. The summed E-state index contributed by atoms with van der Waals surface area (Å²) in [6, 6.07) is 7.03. The van der Waals surface area contributed by atoms with Gasteiger partial charge in [-0.05, 0) is 37.6 Å². The molecule has 8 heteroatoms. The molecule has 1 aromatic heterocycles. The number of nitrogens with zero attached hydrogens (tertiary/aromatic N) is 3. The van der Waals surface area contributed by atoms with Gasteiger partial charge < -0.3 is 10.1 Å². The maximum absolute atomic E-state index is 11.1. The van der Waals surface area contributed by atoms with Crippen LogP contribution in [-0.2, 0) is 0 Å². The third-order valence-corrected chi connectivity index (χ3v) is 2.79. The van der Waals surface area contributed by atoms with E-state index in [0.29, 0.717) is 18.0 Å². The van der Waals surface area contributed by atoms with E-state index in [0.717, 1.165) is 0 Å². The van der Waals surface area contributed by atoms with Gasteiger partial charge in [-0.3, -0.25) is 10.1 Å². The van der Waals surface area contributed by atoms with Crippen LogP contribution in [0, 0.1) is 17.0 Å². The first-order valence-corrected chi connectivity index (χ1v) is 6.57. The Balaban J connectivity index is 2.39. The van der Waals surface area contributed by atoms with Crippen molar-refractivity contribution in [2.24, 2.45) is 0 Å². The lowest BCUT2D eigenvalue weighted by molar-refractivity contribution is -0.385. The summed E-state index contributed by atoms with van der Waals surface area (Å²) < 4.78 is 5.38. The van der Waals surface area contributed by atoms with Crippen LogP contribution in [-0.4, -0.2) is 21.5 Å². The van der Waals surface area contributed by atoms with E-state index in [9.17, 15) is 10.1 Å². The Bertz CT molecular complexity index is 678. The number of halogens is 1. The topological polar surface area (TPSA) is 90.2 Å². The molecule has 0 radical (unpaired) electrons. The minimum atomic E-state index is -0.541. The van der Waals surface area contributed by atoms with Crippen LogP contribution in [0.4, 0.5) is 17.2 Å². The molecule has 0 aliphatic carbocycles. The van der Waals surface area contributed by atoms with Crippen molar-refractivity contribution in [2.45, 2.75) is 13.8 Å². The summed E-state index contributed by atoms with van der Waals surface area (Å²) in [7, 11) is 0. The Kier molecular flexibility index (Phi) is 4.54. The van der Waals surface area contributed by atoms with Crippen molar-refractivity contribution < 1.29 is 9.66 Å². The molecule has 0 aliphatic heterocycles. The zero-order valence-corrected chi connectivity index (χ0v) is 12.2. The molecule has 0 atom stereocenters. The summed E-state index contributed by atoms with van der Waals surface area (Å²) >= 11 is 5.76. The first-order chi connectivity index (χ1) is 10.0. The monoisotopic (exact) mass is 308 g/mol. The quantitative estimate of drug-likeness (QED) is 0.516. The maximum Gasteiger partial charge on any atom is 0.332 e. The van der Waals surface area contributed by atoms with Crippen molar-refractivity contribution >= 4 is 28.8 Å². The Morgan fingerprint density at radius 3 is 2.86 bits per heavy atom. The van der Waals surface area contributed by atoms with Crippen molar-refractivity contribution in [1.82, 2.24) is 9.97 Å². The van der Waals surface area contributed by atoms with Gasteiger partial charge in [-0.1, -0.05) is 6.07 Å². The number of ether oxygens (including phenoxy) is 1. The molecule has 0 bridgehead atoms. The zero-order valence-electron chi connectivity index (χ0n) is 11.5. The molecule has 2 aromatic rings. The summed E-state index contributed by atoms with van der Waals surface area (Å²) in [5.74, 6) is 0.702. The maximum atomic E-state index is 11.1. The Morgan fingerprint density at radius 1 is 1.43 bits per heavy atom. The van der Waals surface area contributed by atoms with Crippen molar-refractivity contribution in [3.05, 3.63) is 45.4 Å². The Morgan fingerprint density at radius 2 is 2.19 bits per heavy atom. The van der Waals surface area contributed by atoms with Crippen molar-refractivity contribution in [3.63, 3.8) is 0 Å². The minimum absolute atomic E-state index is 0.0474. The Hall–Kier alpha value is -2.41. The van der Waals surface area contributed by atoms with E-state index in [2.05, 4.69) is 15.3 Å². The van der Waals surface area contributed by atoms with Gasteiger partial charge in [0.2, 0.25) is 11.1 Å². The van der Waals surface area contributed by atoms with Gasteiger partial charge in [-0.15, -0.1) is 0 Å². The second-order valence-corrected chi connectivity index (χ2v) is 4.46. The average Bonchev–Trinajstić information content (AvgIpc) is 2.38. The highest BCUT2D eigenvalue weighted by Gasteiger charge is 2.21. The molecule has 1 N–H and O–H groups in total. The number of nitro groups is 1. The standard InChI is InChI=1S/C13H13ClN4O3/c1-3-21-10-6-4-5-9(7-10)16-12-11(18(19)20)8(2)15-13(14)17-12/h4-7H,3H2,1-2H3,(H,15,16,17). The predicted molar refractivity (Wildman–Crippen MR) is 79.3 cm³/mol. The van der Waals surface area contributed by atoms with Crippen LogP contribution in [0.25, 0.3) is 0 Å². The first kappa shape index (κ1) is 15.0. The van der Waals surface area contributed by atoms with E-state index in [1.165, 1.54) is 6.92 Å². The normalized spacial score (nSPS) is 10.2. The number of nitrogens with one attached hydrogen (secondary N) is 1. The molecule has 0 aliphatic rings. The molecule has 21 heavy (non-hydrogen) atoms. The number of aryl methyl sites for hydroxylation is 1. The second kappa shape index (κ2) is 6.36. The fourth-order valence-electron chi connectivity index (χ4n) is 1.81. The first-order valence-electron chi connectivity index (χ1n) is 6.19. The molecule has 110 valence electrons. The van der Waals surface area contributed by atoms with Crippen molar-refractivity contribution in [1.29, 1.82) is 0 Å². The van der Waals surface area contributed by atoms with Gasteiger partial charge in [0.1, 0.15) is 11.4 Å². The lowest BCUT2D eigenvalue weighted by Gasteiger charge is -2.09. The van der Waals surface area contributed by atoms with E-state index < -0.39 is 4.92 Å². The summed E-state index contributed by atoms with van der Waals surface area (Å²) in [6.45, 7) is 3.91. The highest BCUT2D eigenvalue weighted by Crippen LogP contribution is 2.30. The molecule has 0 fully saturated rings. The molecule has 2 rings (SSSR count). The van der Waals surface area contributed by atoms with Crippen LogP contribution in [0.5, 0.6) is 5.75 Å². The minimum Gasteiger partial charge on any atom is -0.494 e. The highest BCUT2D eigenvalue weighted by atomic mass is 35.5. The van der Waals surface area contributed by atoms with E-state index in [1.807, 2.05) is 6.92 Å². The largest absolute Gasteiger partial charge is 0.494 e. The van der Waals surface area contributed by atoms with E-state index in [-0.39, 0.29) is 22.5 Å². The second-order valence-electron chi connectivity index (χ2n) is 4.12. The van der Waals surface area contributed by atoms with Crippen LogP contribution in [0.15, 0.2) is 24.3 Å². The summed E-state index contributed by atoms with van der Waals surface area (Å²) in [6.07, 6.45) is 0. The van der Waals surface area contributed by atoms with E-state index in [4.69, 9.17) is 16.3 Å². The number of benzene rings is 1. The van der Waals surface area contributed by atoms with Gasteiger partial charge in [0, 0.05) is 11.8 Å². The summed E-state index contributed by atoms with van der Waals surface area (Å²) in [4.78, 5) is 18.3. The molecule has 0 saturated carbocycles. The molecule has 0 saturated heterocycles. The molecule has 0 unspecified atom stereocenters. The molecule has 1 aromatic carbocycles. The summed E-state index contributed by atoms with van der Waals surface area (Å²) in [5.41, 5.74) is 0.600. The van der Waals surface area contributed by atoms with Crippen molar-refractivity contribution in [2.75, 3.05) is 11.9 Å². The Labute approximate surface area is 126 Å². The number of rotatable bonds is 5. The third kappa shape index (κ3) is 3.57. The van der Waals surface area contributed by atoms with Crippen LogP contribution < -0.4 is 10.1 Å². The molecule has 7 nitrogen and oxygen atoms in total. The van der Waals surface area contributed by atoms with Crippen molar-refractivity contribution in [3.8, 4) is 5.75 Å². The van der Waals surface area contributed by atoms with Gasteiger partial charge in [0.15, 0.2) is 0 Å². The molecular weight excluding hydrogens is 296 g/mol. The zero-order chi connectivity index (χ0) is 15.4. The van der Waals surface area contributed by atoms with Crippen LogP contribution >= 0.6 is 11.6 Å². The fourth-order valence-corrected chi connectivity index (χ4v) is 2.02. The molecular formula is C13H13ClN4O3. The average molecular weight is 309 g/mol. The van der Waals surface area contributed by atoms with Crippen LogP contribution in [0.3, 0.4) is 0 Å². The number of hydrogen-bond donors (Lipinski definition) is 1. The lowest BCUT2D eigenvalue weighted by atomic mass is 10.3. The predicted octanol–water partition coefficient (Wildman–Crippen LogP) is 3.49. The highest BCUT2D eigenvalue weighted by molar-refractivity contribution is 6.28. The van der Waals surface area contributed by atoms with Gasteiger partial charge in [0.25, 0.3) is 0 Å². The number of aromatic nitrogens is 2. The molecule has 1 heterocycles. The smallest absolute Gasteiger partial charge is 0.332 e. The summed E-state index contributed by atoms with van der Waals surface area (Å²) in [5, 5.41) is 14.0. The van der Waals surface area contributed by atoms with Crippen LogP contribution in [0.2, 0.25) is 5.28 Å². The van der Waals surface area contributed by atoms with E-state index >= 15 is 0 Å². The molecule has 0 amide bonds. The number of hydrogen-bond acceptors (Lipinski definition) is 6. The van der Waals surface area contributed by atoms with Gasteiger partial charge in [-0.2, -0.15) is 4.98 Å². The third-order valence-electron chi connectivity index (χ3n) is 2.62.